The first kappa shape index (κ1) is 22.5. The highest BCUT2D eigenvalue weighted by Gasteiger charge is 2.36. The maximum atomic E-state index is 12.2. The van der Waals surface area contributed by atoms with E-state index in [1.807, 2.05) is 25.2 Å². The van der Waals surface area contributed by atoms with Gasteiger partial charge in [0, 0.05) is 37.9 Å². The fourth-order valence-corrected chi connectivity index (χ4v) is 4.45. The van der Waals surface area contributed by atoms with E-state index in [-0.39, 0.29) is 16.9 Å². The quantitative estimate of drug-likeness (QED) is 0.409. The molecule has 1 N–H and O–H groups in total. The maximum Gasteiger partial charge on any atom is 0.235 e. The van der Waals surface area contributed by atoms with Crippen LogP contribution in [0, 0.1) is 0 Å². The highest BCUT2D eigenvalue weighted by atomic mass is 28.4. The molecule has 1 saturated heterocycles. The summed E-state index contributed by atoms with van der Waals surface area (Å²) < 4.78 is 13.9. The topological polar surface area (TPSA) is 82.5 Å². The van der Waals surface area contributed by atoms with Crippen molar-refractivity contribution in [1.82, 2.24) is 15.1 Å². The van der Waals surface area contributed by atoms with Gasteiger partial charge in [-0.25, -0.2) is 0 Å². The molecule has 1 aliphatic rings. The van der Waals surface area contributed by atoms with Crippen LogP contribution >= 0.6 is 0 Å². The first-order chi connectivity index (χ1) is 14.0. The Balaban J connectivity index is 1.62. The Morgan fingerprint density at radius 2 is 1.97 bits per heavy atom. The molecule has 0 radical (unpaired) electrons. The maximum absolute atomic E-state index is 12.2. The Morgan fingerprint density at radius 3 is 2.63 bits per heavy atom. The molecule has 1 aromatic heterocycles. The molecule has 0 spiro atoms. The van der Waals surface area contributed by atoms with Gasteiger partial charge < -0.3 is 9.16 Å². The molecule has 1 fully saturated rings. The SMILES string of the molecule is Cn1nc(C2CCC(=O)NC2=O)c2ccc(OCCCO[Si](C)(C)C(C)(C)C)cc21. The molecule has 0 saturated carbocycles. The van der Waals surface area contributed by atoms with Crippen molar-refractivity contribution in [3.63, 3.8) is 0 Å². The van der Waals surface area contributed by atoms with Gasteiger partial charge in [0.1, 0.15) is 5.75 Å². The minimum atomic E-state index is -1.72. The number of hydrogen-bond donors (Lipinski definition) is 1. The Morgan fingerprint density at radius 1 is 1.23 bits per heavy atom. The van der Waals surface area contributed by atoms with E-state index in [1.54, 1.807) is 4.68 Å². The van der Waals surface area contributed by atoms with Crippen molar-refractivity contribution in [1.29, 1.82) is 0 Å². The summed E-state index contributed by atoms with van der Waals surface area (Å²) in [7, 11) is 0.133. The summed E-state index contributed by atoms with van der Waals surface area (Å²) in [6.07, 6.45) is 1.66. The Hall–Kier alpha value is -2.19. The molecule has 1 aromatic carbocycles. The number of hydrogen-bond acceptors (Lipinski definition) is 5. The number of carbonyl (C=O) groups is 2. The number of nitrogens with zero attached hydrogens (tertiary/aromatic N) is 2. The van der Waals surface area contributed by atoms with Crippen LogP contribution in [0.25, 0.3) is 10.9 Å². The molecule has 2 amide bonds. The van der Waals surface area contributed by atoms with Gasteiger partial charge in [0.25, 0.3) is 0 Å². The van der Waals surface area contributed by atoms with Gasteiger partial charge in [0.05, 0.1) is 23.7 Å². The highest BCUT2D eigenvalue weighted by molar-refractivity contribution is 6.74. The van der Waals surface area contributed by atoms with Gasteiger partial charge in [-0.3, -0.25) is 19.6 Å². The zero-order valence-electron chi connectivity index (χ0n) is 18.9. The summed E-state index contributed by atoms with van der Waals surface area (Å²) in [5, 5.41) is 8.10. The normalized spacial score (nSPS) is 18.0. The van der Waals surface area contributed by atoms with Crippen LogP contribution in [0.4, 0.5) is 0 Å². The molecule has 30 heavy (non-hydrogen) atoms. The third kappa shape index (κ3) is 4.75. The van der Waals surface area contributed by atoms with E-state index in [9.17, 15) is 9.59 Å². The average molecular weight is 432 g/mol. The molecule has 1 aliphatic heterocycles. The Bertz CT molecular complexity index is 946. The first-order valence-corrected chi connectivity index (χ1v) is 13.5. The summed E-state index contributed by atoms with van der Waals surface area (Å²) >= 11 is 0. The van der Waals surface area contributed by atoms with Crippen molar-refractivity contribution in [2.45, 2.75) is 64.1 Å². The summed E-state index contributed by atoms with van der Waals surface area (Å²) in [5.74, 6) is -0.115. The lowest BCUT2D eigenvalue weighted by Crippen LogP contribution is -2.41. The molecule has 0 aliphatic carbocycles. The number of amides is 2. The summed E-state index contributed by atoms with van der Waals surface area (Å²) in [5.41, 5.74) is 1.62. The second-order valence-corrected chi connectivity index (χ2v) is 14.3. The molecule has 7 nitrogen and oxygen atoms in total. The van der Waals surface area contributed by atoms with Crippen LogP contribution < -0.4 is 10.1 Å². The molecular weight excluding hydrogens is 398 g/mol. The minimum Gasteiger partial charge on any atom is -0.493 e. The third-order valence-corrected chi connectivity index (χ3v) is 10.8. The van der Waals surface area contributed by atoms with E-state index < -0.39 is 14.2 Å². The summed E-state index contributed by atoms with van der Waals surface area (Å²) in [6.45, 7) is 12.5. The van der Waals surface area contributed by atoms with Gasteiger partial charge in [0.2, 0.25) is 11.8 Å². The molecule has 1 atom stereocenters. The van der Waals surface area contributed by atoms with Crippen molar-refractivity contribution in [2.24, 2.45) is 7.05 Å². The average Bonchev–Trinajstić information content (AvgIpc) is 2.96. The Kier molecular flexibility index (Phi) is 6.38. The van der Waals surface area contributed by atoms with Gasteiger partial charge in [-0.05, 0) is 36.7 Å². The number of aromatic nitrogens is 2. The van der Waals surface area contributed by atoms with E-state index in [4.69, 9.17) is 9.16 Å². The number of piperidine rings is 1. The summed E-state index contributed by atoms with van der Waals surface area (Å²) in [4.78, 5) is 23.7. The van der Waals surface area contributed by atoms with Gasteiger partial charge in [-0.1, -0.05) is 20.8 Å². The molecule has 164 valence electrons. The van der Waals surface area contributed by atoms with E-state index in [0.717, 1.165) is 23.1 Å². The fourth-order valence-electron chi connectivity index (χ4n) is 3.36. The van der Waals surface area contributed by atoms with E-state index in [2.05, 4.69) is 44.3 Å². The van der Waals surface area contributed by atoms with Crippen molar-refractivity contribution in [3.05, 3.63) is 23.9 Å². The highest BCUT2D eigenvalue weighted by Crippen LogP contribution is 2.36. The molecule has 8 heteroatoms. The van der Waals surface area contributed by atoms with Gasteiger partial charge in [0.15, 0.2) is 8.32 Å². The van der Waals surface area contributed by atoms with Gasteiger partial charge in [-0.15, -0.1) is 0 Å². The molecule has 3 rings (SSSR count). The second-order valence-electron chi connectivity index (χ2n) is 9.50. The summed E-state index contributed by atoms with van der Waals surface area (Å²) in [6, 6.07) is 5.81. The van der Waals surface area contributed by atoms with Crippen molar-refractivity contribution < 1.29 is 18.8 Å². The monoisotopic (exact) mass is 431 g/mol. The fraction of sp³-hybridized carbons (Fsp3) is 0.591. The Labute approximate surface area is 179 Å². The molecule has 2 aromatic rings. The van der Waals surface area contributed by atoms with Crippen LogP contribution in [-0.2, 0) is 21.1 Å². The van der Waals surface area contributed by atoms with Crippen LogP contribution in [-0.4, -0.2) is 43.1 Å². The minimum absolute atomic E-state index is 0.207. The third-order valence-electron chi connectivity index (χ3n) is 6.25. The number of aryl methyl sites for hydroxylation is 1. The lowest BCUT2D eigenvalue weighted by Gasteiger charge is -2.36. The largest absolute Gasteiger partial charge is 0.493 e. The van der Waals surface area contributed by atoms with Crippen molar-refractivity contribution in [2.75, 3.05) is 13.2 Å². The lowest BCUT2D eigenvalue weighted by molar-refractivity contribution is -0.134. The van der Waals surface area contributed by atoms with Crippen LogP contribution in [0.1, 0.15) is 51.6 Å². The van der Waals surface area contributed by atoms with Crippen LogP contribution in [0.3, 0.4) is 0 Å². The van der Waals surface area contributed by atoms with Crippen LogP contribution in [0.5, 0.6) is 5.75 Å². The smallest absolute Gasteiger partial charge is 0.235 e. The predicted octanol–water partition coefficient (Wildman–Crippen LogP) is 3.88. The molecule has 1 unspecified atom stereocenters. The van der Waals surface area contributed by atoms with Crippen LogP contribution in [0.15, 0.2) is 18.2 Å². The number of imide groups is 1. The van der Waals surface area contributed by atoms with E-state index >= 15 is 0 Å². The van der Waals surface area contributed by atoms with Gasteiger partial charge in [-0.2, -0.15) is 5.10 Å². The number of benzene rings is 1. The second kappa shape index (κ2) is 8.51. The molecular formula is C22H33N3O4Si. The number of ether oxygens (including phenoxy) is 1. The molecule has 0 bridgehead atoms. The number of carbonyl (C=O) groups excluding carboxylic acids is 2. The standard InChI is InChI=1S/C22H33N3O4Si/c1-22(2,3)30(5,6)29-13-7-12-28-15-8-9-16-18(14-15)25(4)24-20(16)17-10-11-19(26)23-21(17)27/h8-9,14,17H,7,10-13H2,1-6H3,(H,23,26,27). The number of fused-ring (bicyclic) bond motifs is 1. The van der Waals surface area contributed by atoms with Crippen molar-refractivity contribution in [3.8, 4) is 5.75 Å². The zero-order chi connectivity index (χ0) is 22.1. The number of rotatable bonds is 7. The number of nitrogens with one attached hydrogen (secondary N) is 1. The van der Waals surface area contributed by atoms with Crippen molar-refractivity contribution >= 4 is 31.0 Å². The van der Waals surface area contributed by atoms with Gasteiger partial charge >= 0.3 is 0 Å². The van der Waals surface area contributed by atoms with Crippen LogP contribution in [0.2, 0.25) is 18.1 Å². The predicted molar refractivity (Wildman–Crippen MR) is 119 cm³/mol. The lowest BCUT2D eigenvalue weighted by atomic mass is 9.93. The van der Waals surface area contributed by atoms with E-state index in [0.29, 0.717) is 31.7 Å². The van der Waals surface area contributed by atoms with E-state index in [1.165, 1.54) is 0 Å². The zero-order valence-corrected chi connectivity index (χ0v) is 19.9. The molecule has 2 heterocycles. The first-order valence-electron chi connectivity index (χ1n) is 10.6.